The summed E-state index contributed by atoms with van der Waals surface area (Å²) in [5.41, 5.74) is 0.908. The summed E-state index contributed by atoms with van der Waals surface area (Å²) < 4.78 is 37.7. The summed E-state index contributed by atoms with van der Waals surface area (Å²) in [6.07, 6.45) is -3.81. The third kappa shape index (κ3) is 3.63. The molecule has 0 spiro atoms. The monoisotopic (exact) mass is 315 g/mol. The fraction of sp³-hybridized carbons (Fsp3) is 0.400. The second-order valence-electron chi connectivity index (χ2n) is 5.03. The van der Waals surface area contributed by atoms with E-state index in [9.17, 15) is 13.2 Å². The largest absolute Gasteiger partial charge is 0.416 e. The highest BCUT2D eigenvalue weighted by atomic mass is 32.1. The fourth-order valence-electron chi connectivity index (χ4n) is 2.02. The maximum atomic E-state index is 12.6. The lowest BCUT2D eigenvalue weighted by Crippen LogP contribution is -2.03. The zero-order valence-corrected chi connectivity index (χ0v) is 12.6. The van der Waals surface area contributed by atoms with Gasteiger partial charge in [0.15, 0.2) is 0 Å². The Hall–Kier alpha value is -1.40. The van der Waals surface area contributed by atoms with Crippen molar-refractivity contribution in [3.05, 3.63) is 40.4 Å². The van der Waals surface area contributed by atoms with E-state index in [0.717, 1.165) is 22.7 Å². The van der Waals surface area contributed by atoms with Gasteiger partial charge in [-0.1, -0.05) is 26.0 Å². The van der Waals surface area contributed by atoms with Crippen molar-refractivity contribution in [1.29, 1.82) is 0 Å². The number of rotatable bonds is 4. The average Bonchev–Trinajstić information content (AvgIpc) is 2.82. The van der Waals surface area contributed by atoms with Gasteiger partial charge in [-0.3, -0.25) is 0 Å². The van der Waals surface area contributed by atoms with E-state index in [-0.39, 0.29) is 12.5 Å². The number of halogens is 3. The van der Waals surface area contributed by atoms with E-state index in [2.05, 4.69) is 4.98 Å². The lowest BCUT2D eigenvalue weighted by atomic mass is 10.1. The quantitative estimate of drug-likeness (QED) is 0.902. The van der Waals surface area contributed by atoms with Crippen LogP contribution in [0.5, 0.6) is 0 Å². The van der Waals surface area contributed by atoms with Crippen LogP contribution in [0.4, 0.5) is 13.2 Å². The Kier molecular flexibility index (Phi) is 4.68. The van der Waals surface area contributed by atoms with Gasteiger partial charge in [-0.15, -0.1) is 11.3 Å². The van der Waals surface area contributed by atoms with Gasteiger partial charge in [0.2, 0.25) is 0 Å². The number of thiazole rings is 1. The molecule has 0 saturated carbocycles. The molecule has 6 heteroatoms. The third-order valence-corrected chi connectivity index (χ3v) is 4.25. The molecule has 0 aliphatic rings. The Morgan fingerprint density at radius 3 is 2.29 bits per heavy atom. The summed E-state index contributed by atoms with van der Waals surface area (Å²) in [6.45, 7) is 4.05. The molecule has 2 rings (SSSR count). The average molecular weight is 315 g/mol. The van der Waals surface area contributed by atoms with Crippen molar-refractivity contribution in [3.8, 4) is 10.6 Å². The number of nitrogens with zero attached hydrogens (tertiary/aromatic N) is 1. The second kappa shape index (κ2) is 6.15. The number of hydrogen-bond donors (Lipinski definition) is 1. The van der Waals surface area contributed by atoms with E-state index in [1.165, 1.54) is 23.5 Å². The lowest BCUT2D eigenvalue weighted by molar-refractivity contribution is -0.137. The highest BCUT2D eigenvalue weighted by Gasteiger charge is 2.30. The van der Waals surface area contributed by atoms with E-state index in [1.54, 1.807) is 0 Å². The molecule has 2 aromatic rings. The van der Waals surface area contributed by atoms with Gasteiger partial charge in [-0.2, -0.15) is 13.2 Å². The zero-order chi connectivity index (χ0) is 15.6. The molecule has 0 unspecified atom stereocenters. The lowest BCUT2D eigenvalue weighted by Gasteiger charge is -2.06. The molecular formula is C15H16F3NOS. The van der Waals surface area contributed by atoms with Gasteiger partial charge < -0.3 is 5.11 Å². The second-order valence-corrected chi connectivity index (χ2v) is 6.11. The van der Waals surface area contributed by atoms with Crippen molar-refractivity contribution in [3.63, 3.8) is 0 Å². The molecule has 0 bridgehead atoms. The Balaban J connectivity index is 2.36. The molecule has 1 aromatic heterocycles. The minimum atomic E-state index is -4.33. The topological polar surface area (TPSA) is 33.1 Å². The number of hydrogen-bond acceptors (Lipinski definition) is 3. The van der Waals surface area contributed by atoms with Gasteiger partial charge in [0.05, 0.1) is 11.3 Å². The van der Waals surface area contributed by atoms with Crippen LogP contribution in [0.2, 0.25) is 0 Å². The predicted molar refractivity (Wildman–Crippen MR) is 77.4 cm³/mol. The molecule has 0 aliphatic carbocycles. The van der Waals surface area contributed by atoms with Crippen molar-refractivity contribution in [2.24, 2.45) is 0 Å². The molecule has 1 heterocycles. The number of benzene rings is 1. The van der Waals surface area contributed by atoms with E-state index in [1.807, 2.05) is 13.8 Å². The van der Waals surface area contributed by atoms with Crippen LogP contribution >= 0.6 is 11.3 Å². The molecule has 114 valence electrons. The van der Waals surface area contributed by atoms with E-state index < -0.39 is 11.7 Å². The van der Waals surface area contributed by atoms with Crippen molar-refractivity contribution in [2.45, 2.75) is 32.4 Å². The van der Waals surface area contributed by atoms with Crippen LogP contribution in [-0.4, -0.2) is 16.7 Å². The molecule has 0 fully saturated rings. The maximum Gasteiger partial charge on any atom is 0.416 e. The first-order valence-corrected chi connectivity index (χ1v) is 7.42. The first kappa shape index (κ1) is 16.0. The van der Waals surface area contributed by atoms with Crippen molar-refractivity contribution < 1.29 is 18.3 Å². The Morgan fingerprint density at radius 2 is 1.81 bits per heavy atom. The third-order valence-electron chi connectivity index (χ3n) is 3.07. The summed E-state index contributed by atoms with van der Waals surface area (Å²) in [5, 5.41) is 9.78. The fourth-order valence-corrected chi connectivity index (χ4v) is 3.23. The normalized spacial score (nSPS) is 12.1. The highest BCUT2D eigenvalue weighted by Crippen LogP contribution is 2.34. The van der Waals surface area contributed by atoms with E-state index >= 15 is 0 Å². The van der Waals surface area contributed by atoms with Crippen LogP contribution < -0.4 is 0 Å². The molecular weight excluding hydrogens is 299 g/mol. The van der Waals surface area contributed by atoms with Crippen molar-refractivity contribution >= 4 is 11.3 Å². The van der Waals surface area contributed by atoms with Gasteiger partial charge >= 0.3 is 6.18 Å². The predicted octanol–water partition coefficient (Wildman–Crippen LogP) is 4.49. The van der Waals surface area contributed by atoms with Crippen molar-refractivity contribution in [2.75, 3.05) is 6.61 Å². The first-order valence-electron chi connectivity index (χ1n) is 6.61. The molecule has 2 nitrogen and oxygen atoms in total. The summed E-state index contributed by atoms with van der Waals surface area (Å²) >= 11 is 1.43. The van der Waals surface area contributed by atoms with Crippen molar-refractivity contribution in [1.82, 2.24) is 4.98 Å². The van der Waals surface area contributed by atoms with Crippen LogP contribution in [-0.2, 0) is 12.6 Å². The molecule has 0 radical (unpaired) electrons. The Labute approximate surface area is 125 Å². The van der Waals surface area contributed by atoms with Gasteiger partial charge in [0.1, 0.15) is 5.01 Å². The molecule has 1 aromatic carbocycles. The molecule has 21 heavy (non-hydrogen) atoms. The molecule has 0 amide bonds. The minimum absolute atomic E-state index is 0.0361. The Bertz CT molecular complexity index is 602. The summed E-state index contributed by atoms with van der Waals surface area (Å²) in [6, 6.07) is 5.01. The van der Waals surface area contributed by atoms with Crippen LogP contribution in [0.3, 0.4) is 0 Å². The zero-order valence-electron chi connectivity index (χ0n) is 11.7. The summed E-state index contributed by atoms with van der Waals surface area (Å²) in [4.78, 5) is 5.50. The van der Waals surface area contributed by atoms with Crippen LogP contribution in [0.15, 0.2) is 24.3 Å². The number of aliphatic hydroxyl groups is 1. The van der Waals surface area contributed by atoms with Gasteiger partial charge in [-0.25, -0.2) is 4.98 Å². The minimum Gasteiger partial charge on any atom is -0.396 e. The smallest absolute Gasteiger partial charge is 0.396 e. The number of aliphatic hydroxyl groups excluding tert-OH is 1. The summed E-state index contributed by atoms with van der Waals surface area (Å²) in [5.74, 6) is 0.214. The molecule has 0 aliphatic heterocycles. The molecule has 1 N–H and O–H groups in total. The summed E-state index contributed by atoms with van der Waals surface area (Å²) in [7, 11) is 0. The van der Waals surface area contributed by atoms with Gasteiger partial charge in [0, 0.05) is 23.5 Å². The number of alkyl halides is 3. The standard InChI is InChI=1S/C15H16F3NOS/c1-9(2)13-12(7-8-20)21-14(19-13)10-3-5-11(6-4-10)15(16,17)18/h3-6,9,20H,7-8H2,1-2H3. The van der Waals surface area contributed by atoms with Crippen LogP contribution in [0.1, 0.15) is 35.9 Å². The van der Waals surface area contributed by atoms with Gasteiger partial charge in [-0.05, 0) is 18.1 Å². The highest BCUT2D eigenvalue weighted by molar-refractivity contribution is 7.15. The van der Waals surface area contributed by atoms with E-state index in [0.29, 0.717) is 17.0 Å². The van der Waals surface area contributed by atoms with E-state index in [4.69, 9.17) is 5.11 Å². The first-order chi connectivity index (χ1) is 9.82. The molecule has 0 saturated heterocycles. The van der Waals surface area contributed by atoms with Crippen LogP contribution in [0.25, 0.3) is 10.6 Å². The SMILES string of the molecule is CC(C)c1nc(-c2ccc(C(F)(F)F)cc2)sc1CCO. The van der Waals surface area contributed by atoms with Gasteiger partial charge in [0.25, 0.3) is 0 Å². The number of aromatic nitrogens is 1. The Morgan fingerprint density at radius 1 is 1.19 bits per heavy atom. The maximum absolute atomic E-state index is 12.6. The van der Waals surface area contributed by atoms with Crippen LogP contribution in [0, 0.1) is 0 Å². The molecule has 0 atom stereocenters.